The van der Waals surface area contributed by atoms with E-state index in [9.17, 15) is 4.79 Å². The molecule has 0 saturated heterocycles. The van der Waals surface area contributed by atoms with Crippen LogP contribution in [-0.4, -0.2) is 5.91 Å². The number of unbranched alkanes of at least 4 members (excludes halogenated alkanes) is 2. The van der Waals surface area contributed by atoms with Crippen LogP contribution in [0.25, 0.3) is 0 Å². The van der Waals surface area contributed by atoms with Crippen molar-refractivity contribution in [1.82, 2.24) is 0 Å². The normalized spacial score (nSPS) is 13.5. The number of hydrogen-bond donors (Lipinski definition) is 1. The Labute approximate surface area is 79.2 Å². The zero-order valence-electron chi connectivity index (χ0n) is 8.21. The highest BCUT2D eigenvalue weighted by Gasteiger charge is 2.12. The topological polar surface area (TPSA) is 66.9 Å². The number of nitrogens with two attached hydrogens (primary N) is 1. The Kier molecular flexibility index (Phi) is 5.62. The number of carbonyl (C=O) groups is 1. The maximum Gasteiger partial charge on any atom is 0.245 e. The molecule has 3 nitrogen and oxygen atoms in total. The highest BCUT2D eigenvalue weighted by atomic mass is 16.1. The summed E-state index contributed by atoms with van der Waals surface area (Å²) < 4.78 is 0. The van der Waals surface area contributed by atoms with E-state index in [0.717, 1.165) is 19.3 Å². The van der Waals surface area contributed by atoms with E-state index in [2.05, 4.69) is 6.92 Å². The lowest BCUT2D eigenvalue weighted by Crippen LogP contribution is -2.18. The van der Waals surface area contributed by atoms with Gasteiger partial charge in [-0.15, -0.1) is 0 Å². The van der Waals surface area contributed by atoms with Crippen molar-refractivity contribution in [2.45, 2.75) is 33.1 Å². The molecule has 0 heterocycles. The molecular formula is C10H16N2O. The SMILES string of the molecule is CCCCC=C(C(N)=O)C(C)C#N. The Bertz CT molecular complexity index is 238. The fourth-order valence-electron chi connectivity index (χ4n) is 1.02. The van der Waals surface area contributed by atoms with E-state index in [1.807, 2.05) is 6.07 Å². The first-order valence-corrected chi connectivity index (χ1v) is 4.53. The second-order valence-corrected chi connectivity index (χ2v) is 3.02. The van der Waals surface area contributed by atoms with Gasteiger partial charge in [-0.3, -0.25) is 4.79 Å². The summed E-state index contributed by atoms with van der Waals surface area (Å²) in [5.41, 5.74) is 5.58. The number of nitrogens with zero attached hydrogens (tertiary/aromatic N) is 1. The van der Waals surface area contributed by atoms with Crippen molar-refractivity contribution < 1.29 is 4.79 Å². The molecule has 0 fully saturated rings. The van der Waals surface area contributed by atoms with Crippen LogP contribution in [0.2, 0.25) is 0 Å². The van der Waals surface area contributed by atoms with Crippen LogP contribution in [0.1, 0.15) is 33.1 Å². The van der Waals surface area contributed by atoms with Crippen molar-refractivity contribution in [2.24, 2.45) is 11.7 Å². The van der Waals surface area contributed by atoms with E-state index in [0.29, 0.717) is 5.57 Å². The van der Waals surface area contributed by atoms with Gasteiger partial charge in [0, 0.05) is 5.57 Å². The molecule has 3 heteroatoms. The third kappa shape index (κ3) is 4.32. The minimum Gasteiger partial charge on any atom is -0.366 e. The van der Waals surface area contributed by atoms with Crippen molar-refractivity contribution in [2.75, 3.05) is 0 Å². The van der Waals surface area contributed by atoms with Gasteiger partial charge in [-0.1, -0.05) is 25.8 Å². The molecule has 0 aromatic heterocycles. The zero-order chi connectivity index (χ0) is 10.3. The van der Waals surface area contributed by atoms with Gasteiger partial charge < -0.3 is 5.73 Å². The number of allylic oxidation sites excluding steroid dienone is 1. The lowest BCUT2D eigenvalue weighted by atomic mass is 10.0. The van der Waals surface area contributed by atoms with Gasteiger partial charge in [0.05, 0.1) is 12.0 Å². The quantitative estimate of drug-likeness (QED) is 0.517. The Morgan fingerprint density at radius 2 is 2.31 bits per heavy atom. The van der Waals surface area contributed by atoms with Gasteiger partial charge in [0.15, 0.2) is 0 Å². The molecule has 0 aliphatic carbocycles. The van der Waals surface area contributed by atoms with E-state index in [1.165, 1.54) is 0 Å². The fourth-order valence-corrected chi connectivity index (χ4v) is 1.02. The largest absolute Gasteiger partial charge is 0.366 e. The second kappa shape index (κ2) is 6.24. The molecule has 0 aromatic carbocycles. The summed E-state index contributed by atoms with van der Waals surface area (Å²) in [5, 5.41) is 8.61. The number of primary amides is 1. The van der Waals surface area contributed by atoms with Gasteiger partial charge in [0.25, 0.3) is 0 Å². The Morgan fingerprint density at radius 3 is 2.69 bits per heavy atom. The monoisotopic (exact) mass is 180 g/mol. The van der Waals surface area contributed by atoms with Crippen LogP contribution in [0.15, 0.2) is 11.6 Å². The van der Waals surface area contributed by atoms with Crippen LogP contribution in [0.4, 0.5) is 0 Å². The van der Waals surface area contributed by atoms with E-state index in [1.54, 1.807) is 13.0 Å². The summed E-state index contributed by atoms with van der Waals surface area (Å²) in [5.74, 6) is -0.875. The molecule has 72 valence electrons. The maximum atomic E-state index is 10.9. The molecule has 0 spiro atoms. The van der Waals surface area contributed by atoms with Gasteiger partial charge in [0.2, 0.25) is 5.91 Å². The van der Waals surface area contributed by atoms with E-state index in [4.69, 9.17) is 11.0 Å². The molecular weight excluding hydrogens is 164 g/mol. The van der Waals surface area contributed by atoms with Crippen molar-refractivity contribution >= 4 is 5.91 Å². The minimum atomic E-state index is -0.481. The molecule has 13 heavy (non-hydrogen) atoms. The third-order valence-electron chi connectivity index (χ3n) is 1.87. The van der Waals surface area contributed by atoms with Crippen LogP contribution < -0.4 is 5.73 Å². The maximum absolute atomic E-state index is 10.9. The van der Waals surface area contributed by atoms with Crippen molar-refractivity contribution in [3.8, 4) is 6.07 Å². The highest BCUT2D eigenvalue weighted by Crippen LogP contribution is 2.10. The van der Waals surface area contributed by atoms with Gasteiger partial charge in [0.1, 0.15) is 0 Å². The van der Waals surface area contributed by atoms with Gasteiger partial charge in [-0.2, -0.15) is 5.26 Å². The Morgan fingerprint density at radius 1 is 1.69 bits per heavy atom. The number of rotatable bonds is 5. The summed E-state index contributed by atoms with van der Waals surface area (Å²) in [6.07, 6.45) is 4.69. The first-order valence-electron chi connectivity index (χ1n) is 4.53. The fraction of sp³-hybridized carbons (Fsp3) is 0.600. The van der Waals surface area contributed by atoms with Gasteiger partial charge in [-0.05, 0) is 13.3 Å². The van der Waals surface area contributed by atoms with E-state index >= 15 is 0 Å². The molecule has 1 amide bonds. The van der Waals surface area contributed by atoms with E-state index in [-0.39, 0.29) is 0 Å². The van der Waals surface area contributed by atoms with Gasteiger partial charge in [-0.25, -0.2) is 0 Å². The van der Waals surface area contributed by atoms with Crippen molar-refractivity contribution in [1.29, 1.82) is 5.26 Å². The van der Waals surface area contributed by atoms with Crippen LogP contribution in [-0.2, 0) is 4.79 Å². The predicted molar refractivity (Wildman–Crippen MR) is 51.6 cm³/mol. The Balaban J connectivity index is 4.34. The number of amides is 1. The average Bonchev–Trinajstić information content (AvgIpc) is 2.11. The smallest absolute Gasteiger partial charge is 0.245 e. The highest BCUT2D eigenvalue weighted by molar-refractivity contribution is 5.92. The molecule has 0 aromatic rings. The zero-order valence-corrected chi connectivity index (χ0v) is 8.21. The number of nitriles is 1. The molecule has 0 aliphatic heterocycles. The van der Waals surface area contributed by atoms with Crippen molar-refractivity contribution in [3.05, 3.63) is 11.6 Å². The molecule has 0 aliphatic rings. The summed E-state index contributed by atoms with van der Waals surface area (Å²) in [6.45, 7) is 3.76. The van der Waals surface area contributed by atoms with Crippen molar-refractivity contribution in [3.63, 3.8) is 0 Å². The second-order valence-electron chi connectivity index (χ2n) is 3.02. The number of hydrogen-bond acceptors (Lipinski definition) is 2. The van der Waals surface area contributed by atoms with Crippen LogP contribution in [0, 0.1) is 17.2 Å². The summed E-state index contributed by atoms with van der Waals surface area (Å²) in [4.78, 5) is 10.9. The summed E-state index contributed by atoms with van der Waals surface area (Å²) in [6, 6.07) is 2.00. The molecule has 0 radical (unpaired) electrons. The standard InChI is InChI=1S/C10H16N2O/c1-3-4-5-6-9(10(12)13)8(2)7-11/h6,8H,3-5H2,1-2H3,(H2,12,13). The van der Waals surface area contributed by atoms with Crippen LogP contribution in [0.5, 0.6) is 0 Å². The molecule has 0 rings (SSSR count). The first kappa shape index (κ1) is 11.7. The Hall–Kier alpha value is -1.30. The number of carbonyl (C=O) groups excluding carboxylic acids is 1. The summed E-state index contributed by atoms with van der Waals surface area (Å²) >= 11 is 0. The predicted octanol–water partition coefficient (Wildman–Crippen LogP) is 1.75. The first-order chi connectivity index (χ1) is 6.13. The average molecular weight is 180 g/mol. The lowest BCUT2D eigenvalue weighted by Gasteiger charge is -2.04. The van der Waals surface area contributed by atoms with Crippen LogP contribution in [0.3, 0.4) is 0 Å². The summed E-state index contributed by atoms with van der Waals surface area (Å²) in [7, 11) is 0. The molecule has 0 saturated carbocycles. The van der Waals surface area contributed by atoms with E-state index < -0.39 is 11.8 Å². The molecule has 1 atom stereocenters. The lowest BCUT2D eigenvalue weighted by molar-refractivity contribution is -0.114. The molecule has 1 unspecified atom stereocenters. The molecule has 2 N–H and O–H groups in total. The minimum absolute atomic E-state index is 0.394. The van der Waals surface area contributed by atoms with Gasteiger partial charge >= 0.3 is 0 Å². The molecule has 0 bridgehead atoms. The van der Waals surface area contributed by atoms with Crippen LogP contribution >= 0.6 is 0 Å². The third-order valence-corrected chi connectivity index (χ3v) is 1.87.